The van der Waals surface area contributed by atoms with E-state index in [0.29, 0.717) is 26.9 Å². The summed E-state index contributed by atoms with van der Waals surface area (Å²) in [5.41, 5.74) is 1.22. The van der Waals surface area contributed by atoms with Crippen molar-refractivity contribution in [2.45, 2.75) is 12.3 Å². The fourth-order valence-corrected chi connectivity index (χ4v) is 2.77. The van der Waals surface area contributed by atoms with Crippen LogP contribution in [0.15, 0.2) is 42.5 Å². The van der Waals surface area contributed by atoms with Crippen LogP contribution in [0.2, 0.25) is 10.0 Å². The molecule has 0 aliphatic heterocycles. The number of ether oxygens (including phenoxy) is 1. The number of hydrogen-bond acceptors (Lipinski definition) is 2. The summed E-state index contributed by atoms with van der Waals surface area (Å²) in [4.78, 5) is 11.7. The minimum atomic E-state index is -0.949. The zero-order chi connectivity index (χ0) is 15.4. The van der Waals surface area contributed by atoms with Crippen molar-refractivity contribution < 1.29 is 14.6 Å². The molecule has 0 heterocycles. The molecule has 0 bridgehead atoms. The maximum atomic E-state index is 11.7. The lowest BCUT2D eigenvalue weighted by molar-refractivity contribution is -0.138. The molecule has 0 spiro atoms. The number of rotatable bonds is 5. The second-order valence-corrected chi connectivity index (χ2v) is 5.35. The maximum Gasteiger partial charge on any atom is 0.311 e. The van der Waals surface area contributed by atoms with E-state index in [-0.39, 0.29) is 6.42 Å². The maximum absolute atomic E-state index is 11.7. The van der Waals surface area contributed by atoms with E-state index in [2.05, 4.69) is 0 Å². The van der Waals surface area contributed by atoms with E-state index in [1.807, 2.05) is 0 Å². The zero-order valence-corrected chi connectivity index (χ0v) is 12.9. The van der Waals surface area contributed by atoms with Crippen LogP contribution in [0.5, 0.6) is 5.75 Å². The van der Waals surface area contributed by atoms with E-state index < -0.39 is 11.9 Å². The molecule has 21 heavy (non-hydrogen) atoms. The average molecular weight is 325 g/mol. The van der Waals surface area contributed by atoms with Gasteiger partial charge in [0.1, 0.15) is 5.75 Å². The predicted octanol–water partition coefficient (Wildman–Crippen LogP) is 4.41. The molecular weight excluding hydrogens is 311 g/mol. The molecule has 0 radical (unpaired) electrons. The molecule has 5 heteroatoms. The molecule has 110 valence electrons. The Morgan fingerprint density at radius 2 is 1.76 bits per heavy atom. The fraction of sp³-hybridized carbons (Fsp3) is 0.188. The van der Waals surface area contributed by atoms with Crippen molar-refractivity contribution in [3.63, 3.8) is 0 Å². The zero-order valence-electron chi connectivity index (χ0n) is 11.3. The third-order valence-corrected chi connectivity index (χ3v) is 3.99. The van der Waals surface area contributed by atoms with Gasteiger partial charge in [0.2, 0.25) is 0 Å². The predicted molar refractivity (Wildman–Crippen MR) is 83.5 cm³/mol. The number of halogens is 2. The van der Waals surface area contributed by atoms with Gasteiger partial charge < -0.3 is 9.84 Å². The van der Waals surface area contributed by atoms with Gasteiger partial charge in [0.25, 0.3) is 0 Å². The van der Waals surface area contributed by atoms with Crippen LogP contribution in [0.1, 0.15) is 17.0 Å². The lowest BCUT2D eigenvalue weighted by atomic mass is 9.91. The summed E-state index contributed by atoms with van der Waals surface area (Å²) >= 11 is 12.3. The molecule has 3 nitrogen and oxygen atoms in total. The van der Waals surface area contributed by atoms with Crippen LogP contribution < -0.4 is 4.74 Å². The Morgan fingerprint density at radius 3 is 2.33 bits per heavy atom. The Bertz CT molecular complexity index is 635. The number of carboxylic acid groups (broad SMARTS) is 1. The molecule has 1 N–H and O–H groups in total. The minimum absolute atomic E-state index is 0.203. The molecular formula is C16H14Cl2O3. The molecule has 2 aromatic rings. The molecule has 0 saturated heterocycles. The van der Waals surface area contributed by atoms with E-state index in [1.165, 1.54) is 7.11 Å². The van der Waals surface area contributed by atoms with E-state index in [4.69, 9.17) is 27.9 Å². The Balaban J connectivity index is 2.43. The van der Waals surface area contributed by atoms with Crippen LogP contribution in [0.4, 0.5) is 0 Å². The molecule has 2 rings (SSSR count). The summed E-state index contributed by atoms with van der Waals surface area (Å²) in [7, 11) is 1.51. The Kier molecular flexibility index (Phi) is 5.10. The Hall–Kier alpha value is -1.71. The third-order valence-electron chi connectivity index (χ3n) is 3.28. The summed E-state index contributed by atoms with van der Waals surface area (Å²) in [5.74, 6) is -1.19. The summed E-state index contributed by atoms with van der Waals surface area (Å²) in [6.07, 6.45) is 0.203. The van der Waals surface area contributed by atoms with Gasteiger partial charge in [0, 0.05) is 15.6 Å². The normalized spacial score (nSPS) is 12.0. The SMILES string of the molecule is COc1ccccc1C(Cc1c(Cl)cccc1Cl)C(=O)O. The number of hydrogen-bond donors (Lipinski definition) is 1. The molecule has 0 aliphatic carbocycles. The van der Waals surface area contributed by atoms with Gasteiger partial charge in [0.05, 0.1) is 13.0 Å². The number of aliphatic carboxylic acids is 1. The highest BCUT2D eigenvalue weighted by molar-refractivity contribution is 6.36. The van der Waals surface area contributed by atoms with E-state index in [1.54, 1.807) is 42.5 Å². The van der Waals surface area contributed by atoms with Crippen molar-refractivity contribution in [1.29, 1.82) is 0 Å². The second-order valence-electron chi connectivity index (χ2n) is 4.54. The molecule has 0 amide bonds. The van der Waals surface area contributed by atoms with Crippen LogP contribution in [0, 0.1) is 0 Å². The number of carboxylic acids is 1. The monoisotopic (exact) mass is 324 g/mol. The summed E-state index contributed by atoms with van der Waals surface area (Å²) in [6, 6.07) is 12.2. The van der Waals surface area contributed by atoms with Gasteiger partial charge in [-0.3, -0.25) is 4.79 Å². The quantitative estimate of drug-likeness (QED) is 0.885. The summed E-state index contributed by atoms with van der Waals surface area (Å²) < 4.78 is 5.25. The number of benzene rings is 2. The van der Waals surface area contributed by atoms with Crippen molar-refractivity contribution in [3.8, 4) is 5.75 Å². The van der Waals surface area contributed by atoms with Crippen molar-refractivity contribution in [1.82, 2.24) is 0 Å². The van der Waals surface area contributed by atoms with Crippen molar-refractivity contribution >= 4 is 29.2 Å². The van der Waals surface area contributed by atoms with E-state index in [9.17, 15) is 9.90 Å². The highest BCUT2D eigenvalue weighted by atomic mass is 35.5. The Labute approximate surface area is 133 Å². The molecule has 1 atom stereocenters. The Morgan fingerprint density at radius 1 is 1.14 bits per heavy atom. The highest BCUT2D eigenvalue weighted by Crippen LogP contribution is 2.34. The topological polar surface area (TPSA) is 46.5 Å². The van der Waals surface area contributed by atoms with Crippen LogP contribution in [-0.4, -0.2) is 18.2 Å². The van der Waals surface area contributed by atoms with Gasteiger partial charge in [-0.15, -0.1) is 0 Å². The standard InChI is InChI=1S/C16H14Cl2O3/c1-21-15-8-3-2-5-10(15)11(16(19)20)9-12-13(17)6-4-7-14(12)18/h2-8,11H,9H2,1H3,(H,19,20). The van der Waals surface area contributed by atoms with Crippen molar-refractivity contribution in [2.24, 2.45) is 0 Å². The van der Waals surface area contributed by atoms with Gasteiger partial charge in [-0.25, -0.2) is 0 Å². The average Bonchev–Trinajstić information content (AvgIpc) is 2.46. The number of para-hydroxylation sites is 1. The first-order valence-corrected chi connectivity index (χ1v) is 7.08. The second kappa shape index (κ2) is 6.83. The third kappa shape index (κ3) is 3.49. The van der Waals surface area contributed by atoms with Gasteiger partial charge in [-0.2, -0.15) is 0 Å². The largest absolute Gasteiger partial charge is 0.496 e. The molecule has 0 aliphatic rings. The smallest absolute Gasteiger partial charge is 0.311 e. The fourth-order valence-electron chi connectivity index (χ4n) is 2.22. The van der Waals surface area contributed by atoms with Gasteiger partial charge in [-0.05, 0) is 30.2 Å². The molecule has 2 aromatic carbocycles. The number of methoxy groups -OCH3 is 1. The molecule has 0 aromatic heterocycles. The van der Waals surface area contributed by atoms with Crippen molar-refractivity contribution in [2.75, 3.05) is 7.11 Å². The first-order valence-electron chi connectivity index (χ1n) is 6.33. The van der Waals surface area contributed by atoms with Gasteiger partial charge >= 0.3 is 5.97 Å². The van der Waals surface area contributed by atoms with Crippen molar-refractivity contribution in [3.05, 3.63) is 63.6 Å². The van der Waals surface area contributed by atoms with Gasteiger partial charge in [0.15, 0.2) is 0 Å². The highest BCUT2D eigenvalue weighted by Gasteiger charge is 2.25. The van der Waals surface area contributed by atoms with Gasteiger partial charge in [-0.1, -0.05) is 47.5 Å². The molecule has 0 saturated carbocycles. The van der Waals surface area contributed by atoms with Crippen LogP contribution in [-0.2, 0) is 11.2 Å². The minimum Gasteiger partial charge on any atom is -0.496 e. The van der Waals surface area contributed by atoms with E-state index >= 15 is 0 Å². The lowest BCUT2D eigenvalue weighted by Crippen LogP contribution is -2.16. The van der Waals surface area contributed by atoms with E-state index in [0.717, 1.165) is 0 Å². The first-order chi connectivity index (χ1) is 10.0. The molecule has 0 fully saturated rings. The van der Waals surface area contributed by atoms with Crippen LogP contribution >= 0.6 is 23.2 Å². The first kappa shape index (κ1) is 15.7. The summed E-state index contributed by atoms with van der Waals surface area (Å²) in [6.45, 7) is 0. The van der Waals surface area contributed by atoms with Crippen LogP contribution in [0.25, 0.3) is 0 Å². The molecule has 1 unspecified atom stereocenters. The number of carbonyl (C=O) groups is 1. The lowest BCUT2D eigenvalue weighted by Gasteiger charge is -2.17. The van der Waals surface area contributed by atoms with Crippen LogP contribution in [0.3, 0.4) is 0 Å². The summed E-state index contributed by atoms with van der Waals surface area (Å²) in [5, 5.41) is 10.5.